The Hall–Kier alpha value is -1.84. The van der Waals surface area contributed by atoms with E-state index in [0.29, 0.717) is 24.2 Å². The number of nitrogens with one attached hydrogen (secondary N) is 2. The van der Waals surface area contributed by atoms with Gasteiger partial charge in [0.25, 0.3) is 0 Å². The minimum absolute atomic E-state index is 0.0118. The van der Waals surface area contributed by atoms with Crippen LogP contribution in [0.5, 0.6) is 0 Å². The quantitative estimate of drug-likeness (QED) is 0.800. The second-order valence-electron chi connectivity index (χ2n) is 3.82. The summed E-state index contributed by atoms with van der Waals surface area (Å²) in [4.78, 5) is 11.1. The first-order valence-corrected chi connectivity index (χ1v) is 5.16. The van der Waals surface area contributed by atoms with Crippen LogP contribution in [0.2, 0.25) is 0 Å². The predicted octanol–water partition coefficient (Wildman–Crippen LogP) is 2.03. The van der Waals surface area contributed by atoms with Gasteiger partial charge in [-0.05, 0) is 24.6 Å². The first-order chi connectivity index (χ1) is 7.65. The number of benzene rings is 1. The second-order valence-corrected chi connectivity index (χ2v) is 3.82. The number of piperidine rings is 1. The van der Waals surface area contributed by atoms with Crippen LogP contribution >= 0.6 is 0 Å². The van der Waals surface area contributed by atoms with Crippen molar-refractivity contribution in [2.45, 2.75) is 18.9 Å². The van der Waals surface area contributed by atoms with Gasteiger partial charge in [0.15, 0.2) is 0 Å². The minimum Gasteiger partial charge on any atom is -0.377 e. The Morgan fingerprint density at radius 3 is 3.00 bits per heavy atom. The average molecular weight is 220 g/mol. The van der Waals surface area contributed by atoms with Gasteiger partial charge in [-0.15, -0.1) is 0 Å². The molecule has 1 atom stereocenters. The maximum absolute atomic E-state index is 12.9. The largest absolute Gasteiger partial charge is 0.377 e. The van der Waals surface area contributed by atoms with Gasteiger partial charge in [0.1, 0.15) is 5.82 Å². The molecule has 0 aromatic heterocycles. The van der Waals surface area contributed by atoms with Crippen molar-refractivity contribution in [2.75, 3.05) is 5.32 Å². The zero-order valence-electron chi connectivity index (χ0n) is 8.79. The standard InChI is InChI=1S/C12H13FN2O/c1-8-11(5-6-12(16)14-8)15-10-4-2-3-9(13)7-10/h2-4,7,11,15H,1,5-6H2,(H,14,16). The number of carbonyl (C=O) groups is 1. The smallest absolute Gasteiger partial charge is 0.224 e. The van der Waals surface area contributed by atoms with E-state index in [-0.39, 0.29) is 17.8 Å². The van der Waals surface area contributed by atoms with Crippen LogP contribution in [-0.4, -0.2) is 11.9 Å². The fraction of sp³-hybridized carbons (Fsp3) is 0.250. The lowest BCUT2D eigenvalue weighted by atomic mass is 10.0. The van der Waals surface area contributed by atoms with E-state index in [4.69, 9.17) is 0 Å². The highest BCUT2D eigenvalue weighted by molar-refractivity contribution is 5.79. The van der Waals surface area contributed by atoms with E-state index in [0.717, 1.165) is 0 Å². The van der Waals surface area contributed by atoms with E-state index in [1.165, 1.54) is 12.1 Å². The van der Waals surface area contributed by atoms with Gasteiger partial charge in [0.2, 0.25) is 5.91 Å². The van der Waals surface area contributed by atoms with Crippen molar-refractivity contribution in [1.82, 2.24) is 5.32 Å². The molecular weight excluding hydrogens is 207 g/mol. The van der Waals surface area contributed by atoms with Crippen molar-refractivity contribution in [2.24, 2.45) is 0 Å². The number of carbonyl (C=O) groups excluding carboxylic acids is 1. The number of hydrogen-bond acceptors (Lipinski definition) is 2. The third-order valence-corrected chi connectivity index (χ3v) is 2.55. The Bertz CT molecular complexity index is 431. The van der Waals surface area contributed by atoms with Crippen LogP contribution in [0.3, 0.4) is 0 Å². The maximum Gasteiger partial charge on any atom is 0.224 e. The first-order valence-electron chi connectivity index (χ1n) is 5.16. The van der Waals surface area contributed by atoms with Gasteiger partial charge >= 0.3 is 0 Å². The number of halogens is 1. The van der Waals surface area contributed by atoms with Gasteiger partial charge < -0.3 is 10.6 Å². The summed E-state index contributed by atoms with van der Waals surface area (Å²) in [6.07, 6.45) is 1.15. The Morgan fingerprint density at radius 2 is 2.31 bits per heavy atom. The molecule has 0 aliphatic carbocycles. The molecule has 1 amide bonds. The van der Waals surface area contributed by atoms with Crippen molar-refractivity contribution in [3.8, 4) is 0 Å². The third-order valence-electron chi connectivity index (χ3n) is 2.55. The van der Waals surface area contributed by atoms with E-state index in [1.807, 2.05) is 0 Å². The molecule has 1 aliphatic heterocycles. The van der Waals surface area contributed by atoms with E-state index in [9.17, 15) is 9.18 Å². The fourth-order valence-corrected chi connectivity index (χ4v) is 1.72. The van der Waals surface area contributed by atoms with Crippen molar-refractivity contribution in [1.29, 1.82) is 0 Å². The van der Waals surface area contributed by atoms with Crippen molar-refractivity contribution < 1.29 is 9.18 Å². The van der Waals surface area contributed by atoms with Crippen LogP contribution in [0.4, 0.5) is 10.1 Å². The molecule has 84 valence electrons. The molecule has 2 rings (SSSR count). The zero-order valence-corrected chi connectivity index (χ0v) is 8.79. The summed E-state index contributed by atoms with van der Waals surface area (Å²) < 4.78 is 12.9. The maximum atomic E-state index is 12.9. The summed E-state index contributed by atoms with van der Waals surface area (Å²) in [5.74, 6) is -0.294. The Morgan fingerprint density at radius 1 is 1.50 bits per heavy atom. The molecule has 0 spiro atoms. The lowest BCUT2D eigenvalue weighted by Gasteiger charge is -2.26. The van der Waals surface area contributed by atoms with Crippen LogP contribution < -0.4 is 10.6 Å². The SMILES string of the molecule is C=C1NC(=O)CCC1Nc1cccc(F)c1. The van der Waals surface area contributed by atoms with E-state index < -0.39 is 0 Å². The highest BCUT2D eigenvalue weighted by Gasteiger charge is 2.21. The lowest BCUT2D eigenvalue weighted by molar-refractivity contribution is -0.121. The van der Waals surface area contributed by atoms with Crippen LogP contribution in [-0.2, 0) is 4.79 Å². The molecule has 1 aromatic rings. The molecule has 1 aromatic carbocycles. The molecule has 4 heteroatoms. The molecule has 0 bridgehead atoms. The van der Waals surface area contributed by atoms with Crippen LogP contribution in [0.25, 0.3) is 0 Å². The Balaban J connectivity index is 2.05. The monoisotopic (exact) mass is 220 g/mol. The summed E-state index contributed by atoms with van der Waals surface area (Å²) in [5.41, 5.74) is 1.34. The summed E-state index contributed by atoms with van der Waals surface area (Å²) in [7, 11) is 0. The van der Waals surface area contributed by atoms with E-state index in [2.05, 4.69) is 17.2 Å². The van der Waals surface area contributed by atoms with Gasteiger partial charge in [-0.1, -0.05) is 12.6 Å². The molecule has 1 aliphatic rings. The number of amides is 1. The van der Waals surface area contributed by atoms with Crippen LogP contribution in [0, 0.1) is 5.82 Å². The van der Waals surface area contributed by atoms with Gasteiger partial charge in [-0.25, -0.2) is 4.39 Å². The van der Waals surface area contributed by atoms with Crippen molar-refractivity contribution >= 4 is 11.6 Å². The highest BCUT2D eigenvalue weighted by atomic mass is 19.1. The topological polar surface area (TPSA) is 41.1 Å². The molecule has 1 unspecified atom stereocenters. The van der Waals surface area contributed by atoms with Crippen molar-refractivity contribution in [3.05, 3.63) is 42.4 Å². The average Bonchev–Trinajstić information content (AvgIpc) is 2.22. The molecule has 1 fully saturated rings. The lowest BCUT2D eigenvalue weighted by Crippen LogP contribution is -2.39. The summed E-state index contributed by atoms with van der Waals surface area (Å²) in [5, 5.41) is 5.81. The van der Waals surface area contributed by atoms with Crippen molar-refractivity contribution in [3.63, 3.8) is 0 Å². The minimum atomic E-state index is -0.282. The number of hydrogen-bond donors (Lipinski definition) is 2. The molecular formula is C12H13FN2O. The van der Waals surface area contributed by atoms with Gasteiger partial charge in [-0.2, -0.15) is 0 Å². The third kappa shape index (κ3) is 2.39. The highest BCUT2D eigenvalue weighted by Crippen LogP contribution is 2.18. The Labute approximate surface area is 93.4 Å². The zero-order chi connectivity index (χ0) is 11.5. The van der Waals surface area contributed by atoms with Gasteiger partial charge in [0.05, 0.1) is 6.04 Å². The predicted molar refractivity (Wildman–Crippen MR) is 60.3 cm³/mol. The Kier molecular flexibility index (Phi) is 2.90. The summed E-state index contributed by atoms with van der Waals surface area (Å²) in [6.45, 7) is 3.78. The molecule has 0 saturated carbocycles. The van der Waals surface area contributed by atoms with E-state index in [1.54, 1.807) is 12.1 Å². The summed E-state index contributed by atoms with van der Waals surface area (Å²) in [6, 6.07) is 6.21. The summed E-state index contributed by atoms with van der Waals surface area (Å²) >= 11 is 0. The molecule has 3 nitrogen and oxygen atoms in total. The normalized spacial score (nSPS) is 20.4. The molecule has 0 radical (unpaired) electrons. The number of rotatable bonds is 2. The van der Waals surface area contributed by atoms with Gasteiger partial charge in [-0.3, -0.25) is 4.79 Å². The van der Waals surface area contributed by atoms with E-state index >= 15 is 0 Å². The fourth-order valence-electron chi connectivity index (χ4n) is 1.72. The second kappa shape index (κ2) is 4.35. The molecule has 1 saturated heterocycles. The first kappa shape index (κ1) is 10.7. The molecule has 1 heterocycles. The molecule has 2 N–H and O–H groups in total. The van der Waals surface area contributed by atoms with Crippen LogP contribution in [0.1, 0.15) is 12.8 Å². The van der Waals surface area contributed by atoms with Crippen LogP contribution in [0.15, 0.2) is 36.5 Å². The molecule has 16 heavy (non-hydrogen) atoms. The number of anilines is 1. The van der Waals surface area contributed by atoms with Gasteiger partial charge in [0, 0.05) is 17.8 Å².